The van der Waals surface area contributed by atoms with Crippen molar-refractivity contribution in [3.63, 3.8) is 0 Å². The smallest absolute Gasteiger partial charge is 0.331 e. The van der Waals surface area contributed by atoms with Crippen molar-refractivity contribution >= 4 is 17.8 Å². The zero-order valence-electron chi connectivity index (χ0n) is 12.2. The van der Waals surface area contributed by atoms with Crippen molar-refractivity contribution in [3.05, 3.63) is 35.9 Å². The van der Waals surface area contributed by atoms with Gasteiger partial charge in [0.2, 0.25) is 5.91 Å². The Morgan fingerprint density at radius 2 is 2.00 bits per heavy atom. The van der Waals surface area contributed by atoms with E-state index in [0.29, 0.717) is 12.0 Å². The maximum atomic E-state index is 11.9. The third-order valence-electron chi connectivity index (χ3n) is 3.68. The molecule has 0 unspecified atom stereocenters. The minimum atomic E-state index is -1.17. The molecule has 1 aromatic carbocycles. The summed E-state index contributed by atoms with van der Waals surface area (Å²) in [7, 11) is 1.22. The third kappa shape index (κ3) is 3.25. The molecule has 1 aromatic rings. The summed E-state index contributed by atoms with van der Waals surface area (Å²) in [6, 6.07) is 8.48. The standard InChI is InChI=1S/C15H18N2O5/c1-22-14(21)15(7-11(15)9-18)17-12(19)8-16-13(20)10-5-3-2-4-6-10/h2-6,11,18H,7-9H2,1H3,(H,16,20)(H,17,19)/t11-,15-/m0/s1. The normalized spacial score (nSPS) is 22.5. The molecule has 1 fully saturated rings. The van der Waals surface area contributed by atoms with Crippen LogP contribution in [0, 0.1) is 5.92 Å². The molecule has 7 heteroatoms. The maximum absolute atomic E-state index is 11.9. The summed E-state index contributed by atoms with van der Waals surface area (Å²) in [4.78, 5) is 35.4. The molecule has 0 bridgehead atoms. The second kappa shape index (κ2) is 6.57. The van der Waals surface area contributed by atoms with Gasteiger partial charge in [-0.15, -0.1) is 0 Å². The van der Waals surface area contributed by atoms with Crippen molar-refractivity contribution in [2.45, 2.75) is 12.0 Å². The van der Waals surface area contributed by atoms with Crippen LogP contribution in [0.4, 0.5) is 0 Å². The van der Waals surface area contributed by atoms with Gasteiger partial charge in [-0.25, -0.2) is 4.79 Å². The highest BCUT2D eigenvalue weighted by Crippen LogP contribution is 2.43. The average Bonchev–Trinajstić information content (AvgIpc) is 3.26. The number of carbonyl (C=O) groups excluding carboxylic acids is 3. The number of methoxy groups -OCH3 is 1. The topological polar surface area (TPSA) is 105 Å². The largest absolute Gasteiger partial charge is 0.467 e. The van der Waals surface area contributed by atoms with Crippen molar-refractivity contribution in [3.8, 4) is 0 Å². The number of rotatable bonds is 6. The molecule has 22 heavy (non-hydrogen) atoms. The molecule has 2 rings (SSSR count). The van der Waals surface area contributed by atoms with E-state index in [1.165, 1.54) is 7.11 Å². The summed E-state index contributed by atoms with van der Waals surface area (Å²) in [5, 5.41) is 14.1. The number of ether oxygens (including phenoxy) is 1. The Bertz CT molecular complexity index is 575. The second-order valence-corrected chi connectivity index (χ2v) is 5.14. The van der Waals surface area contributed by atoms with E-state index in [-0.39, 0.29) is 25.0 Å². The SMILES string of the molecule is COC(=O)[C@]1(NC(=O)CNC(=O)c2ccccc2)C[C@H]1CO. The van der Waals surface area contributed by atoms with Gasteiger partial charge >= 0.3 is 5.97 Å². The van der Waals surface area contributed by atoms with Crippen molar-refractivity contribution in [1.82, 2.24) is 10.6 Å². The molecule has 3 N–H and O–H groups in total. The Balaban J connectivity index is 1.88. The molecule has 2 atom stereocenters. The second-order valence-electron chi connectivity index (χ2n) is 5.14. The molecule has 2 amide bonds. The first-order valence-electron chi connectivity index (χ1n) is 6.87. The van der Waals surface area contributed by atoms with Crippen LogP contribution < -0.4 is 10.6 Å². The highest BCUT2D eigenvalue weighted by Gasteiger charge is 2.61. The minimum Gasteiger partial charge on any atom is -0.467 e. The van der Waals surface area contributed by atoms with Crippen LogP contribution in [0.25, 0.3) is 0 Å². The molecule has 1 aliphatic rings. The van der Waals surface area contributed by atoms with Gasteiger partial charge in [-0.3, -0.25) is 9.59 Å². The van der Waals surface area contributed by atoms with Gasteiger partial charge in [0, 0.05) is 18.1 Å². The fourth-order valence-corrected chi connectivity index (χ4v) is 2.33. The van der Waals surface area contributed by atoms with Crippen LogP contribution in [-0.4, -0.2) is 48.7 Å². The van der Waals surface area contributed by atoms with Gasteiger partial charge < -0.3 is 20.5 Å². The molecule has 0 heterocycles. The van der Waals surface area contributed by atoms with E-state index in [0.717, 1.165) is 0 Å². The summed E-state index contributed by atoms with van der Waals surface area (Å²) in [6.45, 7) is -0.476. The highest BCUT2D eigenvalue weighted by molar-refractivity contribution is 5.97. The molecule has 0 aromatic heterocycles. The van der Waals surface area contributed by atoms with Gasteiger partial charge in [0.1, 0.15) is 5.54 Å². The number of nitrogens with one attached hydrogen (secondary N) is 2. The number of hydrogen-bond donors (Lipinski definition) is 3. The van der Waals surface area contributed by atoms with Crippen LogP contribution in [0.1, 0.15) is 16.8 Å². The third-order valence-corrected chi connectivity index (χ3v) is 3.68. The van der Waals surface area contributed by atoms with E-state index < -0.39 is 17.4 Å². The molecular formula is C15H18N2O5. The predicted octanol–water partition coefficient (Wildman–Crippen LogP) is -0.543. The number of esters is 1. The monoisotopic (exact) mass is 306 g/mol. The quantitative estimate of drug-likeness (QED) is 0.612. The lowest BCUT2D eigenvalue weighted by atomic mass is 10.2. The predicted molar refractivity (Wildman–Crippen MR) is 76.9 cm³/mol. The number of hydrogen-bond acceptors (Lipinski definition) is 5. The Hall–Kier alpha value is -2.41. The van der Waals surface area contributed by atoms with Gasteiger partial charge in [0.15, 0.2) is 0 Å². The molecular weight excluding hydrogens is 288 g/mol. The minimum absolute atomic E-state index is 0.217. The number of amides is 2. The van der Waals surface area contributed by atoms with E-state index in [1.54, 1.807) is 30.3 Å². The number of benzene rings is 1. The lowest BCUT2D eigenvalue weighted by molar-refractivity contribution is -0.147. The van der Waals surface area contributed by atoms with Gasteiger partial charge in [-0.05, 0) is 18.6 Å². The molecule has 7 nitrogen and oxygen atoms in total. The molecule has 0 saturated heterocycles. The Morgan fingerprint density at radius 1 is 1.32 bits per heavy atom. The highest BCUT2D eigenvalue weighted by atomic mass is 16.5. The first-order chi connectivity index (χ1) is 10.5. The molecule has 1 saturated carbocycles. The zero-order chi connectivity index (χ0) is 16.2. The zero-order valence-corrected chi connectivity index (χ0v) is 12.2. The van der Waals surface area contributed by atoms with Crippen LogP contribution in [0.3, 0.4) is 0 Å². The van der Waals surface area contributed by atoms with Crippen LogP contribution in [0.15, 0.2) is 30.3 Å². The van der Waals surface area contributed by atoms with E-state index >= 15 is 0 Å². The number of carbonyl (C=O) groups is 3. The fourth-order valence-electron chi connectivity index (χ4n) is 2.33. The molecule has 0 aliphatic heterocycles. The summed E-state index contributed by atoms with van der Waals surface area (Å²) in [6.07, 6.45) is 0.328. The van der Waals surface area contributed by atoms with E-state index in [4.69, 9.17) is 5.11 Å². The first kappa shape index (κ1) is 16.0. The van der Waals surface area contributed by atoms with E-state index in [1.807, 2.05) is 0 Å². The molecule has 118 valence electrons. The Labute approximate surface area is 127 Å². The number of aliphatic hydroxyl groups is 1. The Kier molecular flexibility index (Phi) is 4.77. The van der Waals surface area contributed by atoms with Crippen molar-refractivity contribution in [1.29, 1.82) is 0 Å². The van der Waals surface area contributed by atoms with Gasteiger partial charge in [-0.1, -0.05) is 18.2 Å². The molecule has 0 spiro atoms. The summed E-state index contributed by atoms with van der Waals surface area (Å²) >= 11 is 0. The van der Waals surface area contributed by atoms with E-state index in [2.05, 4.69) is 15.4 Å². The lowest BCUT2D eigenvalue weighted by Crippen LogP contribution is -2.49. The molecule has 0 radical (unpaired) electrons. The van der Waals surface area contributed by atoms with Gasteiger partial charge in [-0.2, -0.15) is 0 Å². The summed E-state index contributed by atoms with van der Waals surface area (Å²) in [5.41, 5.74) is -0.726. The lowest BCUT2D eigenvalue weighted by Gasteiger charge is -2.16. The van der Waals surface area contributed by atoms with Crippen LogP contribution >= 0.6 is 0 Å². The first-order valence-corrected chi connectivity index (χ1v) is 6.87. The van der Waals surface area contributed by atoms with Gasteiger partial charge in [0.05, 0.1) is 13.7 Å². The Morgan fingerprint density at radius 3 is 2.55 bits per heavy atom. The average molecular weight is 306 g/mol. The summed E-state index contributed by atoms with van der Waals surface area (Å²) in [5.74, 6) is -1.83. The van der Waals surface area contributed by atoms with Crippen LogP contribution in [0.5, 0.6) is 0 Å². The van der Waals surface area contributed by atoms with Crippen LogP contribution in [-0.2, 0) is 14.3 Å². The van der Waals surface area contributed by atoms with Crippen molar-refractivity contribution < 1.29 is 24.2 Å². The number of aliphatic hydroxyl groups excluding tert-OH is 1. The van der Waals surface area contributed by atoms with Crippen LogP contribution in [0.2, 0.25) is 0 Å². The van der Waals surface area contributed by atoms with E-state index in [9.17, 15) is 14.4 Å². The maximum Gasteiger partial charge on any atom is 0.331 e. The van der Waals surface area contributed by atoms with Crippen molar-refractivity contribution in [2.24, 2.45) is 5.92 Å². The fraction of sp³-hybridized carbons (Fsp3) is 0.400. The van der Waals surface area contributed by atoms with Gasteiger partial charge in [0.25, 0.3) is 5.91 Å². The molecule has 1 aliphatic carbocycles. The summed E-state index contributed by atoms with van der Waals surface area (Å²) < 4.78 is 4.65. The van der Waals surface area contributed by atoms with Crippen molar-refractivity contribution in [2.75, 3.05) is 20.3 Å².